The predicted molar refractivity (Wildman–Crippen MR) is 87.7 cm³/mol. The van der Waals surface area contributed by atoms with Crippen LogP contribution in [0.5, 0.6) is 0 Å². The molecule has 2 aromatic rings. The molecule has 0 spiro atoms. The molecule has 1 atom stereocenters. The Kier molecular flexibility index (Phi) is 4.72. The smallest absolute Gasteiger partial charge is 0.0924 e. The maximum atomic E-state index is 10.8. The van der Waals surface area contributed by atoms with E-state index >= 15 is 0 Å². The number of nitrogens with zero attached hydrogens (tertiary/aromatic N) is 2. The first-order chi connectivity index (χ1) is 9.35. The summed E-state index contributed by atoms with van der Waals surface area (Å²) in [5, 5.41) is 15.3. The van der Waals surface area contributed by atoms with Crippen LogP contribution in [-0.2, 0) is 25.5 Å². The van der Waals surface area contributed by atoms with Crippen LogP contribution in [0, 0.1) is 0 Å². The first-order valence-corrected chi connectivity index (χ1v) is 8.12. The van der Waals surface area contributed by atoms with Crippen LogP contribution in [0.15, 0.2) is 33.2 Å². The fourth-order valence-corrected chi connectivity index (χ4v) is 3.42. The third-order valence-electron chi connectivity index (χ3n) is 3.46. The van der Waals surface area contributed by atoms with Crippen molar-refractivity contribution in [2.24, 2.45) is 7.05 Å². The number of hydrogen-bond donors (Lipinski definition) is 1. The van der Waals surface area contributed by atoms with E-state index in [1.165, 1.54) is 0 Å². The van der Waals surface area contributed by atoms with Gasteiger partial charge in [0, 0.05) is 17.9 Å². The van der Waals surface area contributed by atoms with E-state index in [2.05, 4.69) is 43.9 Å². The van der Waals surface area contributed by atoms with Gasteiger partial charge in [-0.05, 0) is 47.0 Å². The SMILES string of the molecule is CCc1nn(C)c(CC(C)(O)c2cccc(Br)c2)c1Br. The molecule has 0 fully saturated rings. The lowest BCUT2D eigenvalue weighted by molar-refractivity contribution is 0.0554. The summed E-state index contributed by atoms with van der Waals surface area (Å²) >= 11 is 7.04. The monoisotopic (exact) mass is 400 g/mol. The second-order valence-electron chi connectivity index (χ2n) is 5.15. The highest BCUT2D eigenvalue weighted by Gasteiger charge is 2.27. The molecule has 0 aliphatic heterocycles. The van der Waals surface area contributed by atoms with E-state index in [-0.39, 0.29) is 0 Å². The van der Waals surface area contributed by atoms with Gasteiger partial charge in [0.25, 0.3) is 0 Å². The second kappa shape index (κ2) is 6.00. The van der Waals surface area contributed by atoms with Crippen molar-refractivity contribution in [3.05, 3.63) is 50.2 Å². The molecule has 1 N–H and O–H groups in total. The molecule has 1 aromatic heterocycles. The number of benzene rings is 1. The highest BCUT2D eigenvalue weighted by atomic mass is 79.9. The molecular formula is C15H18Br2N2O. The standard InChI is InChI=1S/C15H18Br2N2O/c1-4-12-14(17)13(19(3)18-12)9-15(2,20)10-6-5-7-11(16)8-10/h5-8,20H,4,9H2,1-3H3. The van der Waals surface area contributed by atoms with Crippen LogP contribution in [0.25, 0.3) is 0 Å². The summed E-state index contributed by atoms with van der Waals surface area (Å²) in [6.07, 6.45) is 1.38. The molecule has 1 aromatic carbocycles. The molecule has 5 heteroatoms. The summed E-state index contributed by atoms with van der Waals surface area (Å²) in [6, 6.07) is 7.78. The molecule has 0 radical (unpaired) electrons. The minimum absolute atomic E-state index is 0.507. The van der Waals surface area contributed by atoms with E-state index in [1.54, 1.807) is 0 Å². The lowest BCUT2D eigenvalue weighted by Gasteiger charge is -2.24. The third-order valence-corrected chi connectivity index (χ3v) is 4.87. The Hall–Kier alpha value is -0.650. The molecule has 0 saturated heterocycles. The highest BCUT2D eigenvalue weighted by molar-refractivity contribution is 9.10. The normalized spacial score (nSPS) is 14.3. The van der Waals surface area contributed by atoms with Gasteiger partial charge in [-0.15, -0.1) is 0 Å². The molecule has 108 valence electrons. The Bertz CT molecular complexity index is 620. The lowest BCUT2D eigenvalue weighted by Crippen LogP contribution is -2.25. The van der Waals surface area contributed by atoms with Crippen LogP contribution in [0.3, 0.4) is 0 Å². The molecule has 1 heterocycles. The van der Waals surface area contributed by atoms with Gasteiger partial charge < -0.3 is 5.11 Å². The van der Waals surface area contributed by atoms with Crippen LogP contribution in [0.2, 0.25) is 0 Å². The molecule has 1 unspecified atom stereocenters. The first kappa shape index (κ1) is 15.7. The molecule has 20 heavy (non-hydrogen) atoms. The van der Waals surface area contributed by atoms with Gasteiger partial charge in [0.2, 0.25) is 0 Å². The van der Waals surface area contributed by atoms with Crippen molar-refractivity contribution in [3.63, 3.8) is 0 Å². The number of halogens is 2. The zero-order chi connectivity index (χ0) is 14.9. The minimum atomic E-state index is -0.939. The van der Waals surface area contributed by atoms with Gasteiger partial charge in [-0.3, -0.25) is 4.68 Å². The van der Waals surface area contributed by atoms with E-state index in [0.29, 0.717) is 6.42 Å². The quantitative estimate of drug-likeness (QED) is 0.841. The van der Waals surface area contributed by atoms with E-state index < -0.39 is 5.60 Å². The van der Waals surface area contributed by atoms with Gasteiger partial charge in [0.15, 0.2) is 0 Å². The third kappa shape index (κ3) is 3.15. The van der Waals surface area contributed by atoms with E-state index in [1.807, 2.05) is 42.9 Å². The molecule has 0 aliphatic carbocycles. The number of aromatic nitrogens is 2. The Morgan fingerprint density at radius 3 is 2.60 bits per heavy atom. The summed E-state index contributed by atoms with van der Waals surface area (Å²) in [5.74, 6) is 0. The van der Waals surface area contributed by atoms with Crippen LogP contribution < -0.4 is 0 Å². The fourth-order valence-electron chi connectivity index (χ4n) is 2.26. The first-order valence-electron chi connectivity index (χ1n) is 6.54. The van der Waals surface area contributed by atoms with Crippen LogP contribution in [-0.4, -0.2) is 14.9 Å². The summed E-state index contributed by atoms with van der Waals surface area (Å²) in [6.45, 7) is 3.91. The van der Waals surface area contributed by atoms with Crippen LogP contribution in [0.1, 0.15) is 30.8 Å². The highest BCUT2D eigenvalue weighted by Crippen LogP contribution is 2.31. The number of aliphatic hydroxyl groups is 1. The predicted octanol–water partition coefficient (Wildman–Crippen LogP) is 3.96. The molecule has 0 saturated carbocycles. The Balaban J connectivity index is 2.35. The Labute approximate surface area is 136 Å². The van der Waals surface area contributed by atoms with Gasteiger partial charge in [-0.2, -0.15) is 5.10 Å². The molecule has 2 rings (SSSR count). The topological polar surface area (TPSA) is 38.0 Å². The van der Waals surface area contributed by atoms with Crippen molar-refractivity contribution >= 4 is 31.9 Å². The van der Waals surface area contributed by atoms with Crippen molar-refractivity contribution in [1.82, 2.24) is 9.78 Å². The van der Waals surface area contributed by atoms with Crippen molar-refractivity contribution in [2.75, 3.05) is 0 Å². The average molecular weight is 402 g/mol. The minimum Gasteiger partial charge on any atom is -0.385 e. The van der Waals surface area contributed by atoms with Crippen molar-refractivity contribution in [1.29, 1.82) is 0 Å². The largest absolute Gasteiger partial charge is 0.385 e. The lowest BCUT2D eigenvalue weighted by atomic mass is 9.91. The number of aryl methyl sites for hydroxylation is 2. The molecule has 0 bridgehead atoms. The summed E-state index contributed by atoms with van der Waals surface area (Å²) < 4.78 is 3.81. The number of hydrogen-bond acceptors (Lipinski definition) is 2. The fraction of sp³-hybridized carbons (Fsp3) is 0.400. The van der Waals surface area contributed by atoms with Crippen molar-refractivity contribution in [2.45, 2.75) is 32.3 Å². The Morgan fingerprint density at radius 1 is 1.35 bits per heavy atom. The zero-order valence-corrected chi connectivity index (χ0v) is 15.0. The molecular weight excluding hydrogens is 384 g/mol. The second-order valence-corrected chi connectivity index (χ2v) is 6.85. The van der Waals surface area contributed by atoms with Gasteiger partial charge in [-0.1, -0.05) is 35.0 Å². The van der Waals surface area contributed by atoms with Crippen molar-refractivity contribution < 1.29 is 5.11 Å². The number of rotatable bonds is 4. The molecule has 0 amide bonds. The van der Waals surface area contributed by atoms with E-state index in [0.717, 1.165) is 32.3 Å². The average Bonchev–Trinajstić information content (AvgIpc) is 2.66. The summed E-state index contributed by atoms with van der Waals surface area (Å²) in [7, 11) is 1.91. The van der Waals surface area contributed by atoms with E-state index in [9.17, 15) is 5.11 Å². The molecule has 3 nitrogen and oxygen atoms in total. The zero-order valence-electron chi connectivity index (χ0n) is 11.8. The van der Waals surface area contributed by atoms with Gasteiger partial charge >= 0.3 is 0 Å². The van der Waals surface area contributed by atoms with E-state index in [4.69, 9.17) is 0 Å². The van der Waals surface area contributed by atoms with Gasteiger partial charge in [-0.25, -0.2) is 0 Å². The van der Waals surface area contributed by atoms with Crippen LogP contribution in [0.4, 0.5) is 0 Å². The Morgan fingerprint density at radius 2 is 2.05 bits per heavy atom. The summed E-state index contributed by atoms with van der Waals surface area (Å²) in [4.78, 5) is 0. The van der Waals surface area contributed by atoms with Gasteiger partial charge in [0.1, 0.15) is 0 Å². The summed E-state index contributed by atoms with van der Waals surface area (Å²) in [5.41, 5.74) is 1.97. The van der Waals surface area contributed by atoms with Gasteiger partial charge in [0.05, 0.1) is 21.5 Å². The van der Waals surface area contributed by atoms with Crippen molar-refractivity contribution in [3.8, 4) is 0 Å². The maximum absolute atomic E-state index is 10.8. The van der Waals surface area contributed by atoms with Crippen LogP contribution >= 0.6 is 31.9 Å². The maximum Gasteiger partial charge on any atom is 0.0924 e. The molecule has 0 aliphatic rings.